The summed E-state index contributed by atoms with van der Waals surface area (Å²) in [7, 11) is 1.65. The number of hydrogen-bond donors (Lipinski definition) is 1. The first-order valence-electron chi connectivity index (χ1n) is 10.8. The number of ether oxygens (including phenoxy) is 1. The Balaban J connectivity index is 1.42. The Morgan fingerprint density at radius 1 is 1.13 bits per heavy atom. The van der Waals surface area contributed by atoms with E-state index in [0.29, 0.717) is 11.6 Å². The zero-order valence-corrected chi connectivity index (χ0v) is 18.1. The Hall–Kier alpha value is -3.12. The molecule has 2 heterocycles. The third kappa shape index (κ3) is 4.35. The summed E-state index contributed by atoms with van der Waals surface area (Å²) in [6.07, 6.45) is 4.98. The van der Waals surface area contributed by atoms with E-state index >= 15 is 0 Å². The number of rotatable bonds is 7. The van der Waals surface area contributed by atoms with Crippen molar-refractivity contribution in [1.29, 1.82) is 0 Å². The number of fused-ring (bicyclic) bond motifs is 1. The van der Waals surface area contributed by atoms with Gasteiger partial charge in [-0.1, -0.05) is 18.2 Å². The molecule has 1 amide bonds. The molecule has 0 radical (unpaired) electrons. The van der Waals surface area contributed by atoms with E-state index in [1.165, 1.54) is 0 Å². The van der Waals surface area contributed by atoms with Gasteiger partial charge in [0.25, 0.3) is 0 Å². The van der Waals surface area contributed by atoms with Crippen molar-refractivity contribution in [2.75, 3.05) is 26.7 Å². The molecule has 0 aliphatic carbocycles. The van der Waals surface area contributed by atoms with E-state index in [1.807, 2.05) is 30.3 Å². The molecule has 0 unspecified atom stereocenters. The van der Waals surface area contributed by atoms with E-state index in [1.54, 1.807) is 20.1 Å². The van der Waals surface area contributed by atoms with E-state index in [9.17, 15) is 9.59 Å². The van der Waals surface area contributed by atoms with Crippen molar-refractivity contribution < 1.29 is 14.3 Å². The van der Waals surface area contributed by atoms with Crippen LogP contribution in [0.1, 0.15) is 52.1 Å². The predicted octanol–water partition coefficient (Wildman–Crippen LogP) is 3.83. The molecule has 2 aromatic carbocycles. The van der Waals surface area contributed by atoms with Crippen LogP contribution in [0.3, 0.4) is 0 Å². The second-order valence-corrected chi connectivity index (χ2v) is 8.23. The summed E-state index contributed by atoms with van der Waals surface area (Å²) in [4.78, 5) is 26.1. The van der Waals surface area contributed by atoms with Gasteiger partial charge in [-0.2, -0.15) is 0 Å². The number of piperidine rings is 1. The fourth-order valence-corrected chi connectivity index (χ4v) is 4.66. The zero-order chi connectivity index (χ0) is 22.0. The van der Waals surface area contributed by atoms with Crippen LogP contribution in [0.25, 0.3) is 10.9 Å². The number of primary amides is 1. The topological polar surface area (TPSA) is 77.6 Å². The van der Waals surface area contributed by atoms with Gasteiger partial charge in [0.1, 0.15) is 5.75 Å². The van der Waals surface area contributed by atoms with Crippen molar-refractivity contribution in [3.63, 3.8) is 0 Å². The second-order valence-electron chi connectivity index (χ2n) is 8.23. The molecule has 1 fully saturated rings. The third-order valence-corrected chi connectivity index (χ3v) is 6.37. The highest BCUT2D eigenvalue weighted by Crippen LogP contribution is 2.29. The number of carbonyl (C=O) groups excluding carboxylic acids is 2. The van der Waals surface area contributed by atoms with Gasteiger partial charge in [0, 0.05) is 54.1 Å². The summed E-state index contributed by atoms with van der Waals surface area (Å²) < 4.78 is 7.79. The maximum atomic E-state index is 12.0. The van der Waals surface area contributed by atoms with Gasteiger partial charge in [-0.05, 0) is 55.8 Å². The molecule has 0 spiro atoms. The smallest absolute Gasteiger partial charge is 0.248 e. The summed E-state index contributed by atoms with van der Waals surface area (Å²) in [6.45, 7) is 4.48. The molecule has 162 valence electrons. The van der Waals surface area contributed by atoms with Gasteiger partial charge >= 0.3 is 0 Å². The first-order valence-corrected chi connectivity index (χ1v) is 10.8. The molecule has 6 heteroatoms. The monoisotopic (exact) mass is 419 g/mol. The molecule has 0 bridgehead atoms. The molecule has 0 saturated carbocycles. The Kier molecular flexibility index (Phi) is 6.09. The van der Waals surface area contributed by atoms with Crippen molar-refractivity contribution in [2.45, 2.75) is 32.2 Å². The number of carbonyl (C=O) groups is 2. The highest BCUT2D eigenvalue weighted by molar-refractivity contribution is 5.97. The van der Waals surface area contributed by atoms with Crippen LogP contribution in [0.15, 0.2) is 48.7 Å². The first-order chi connectivity index (χ1) is 15.0. The number of amides is 1. The average Bonchev–Trinajstić information content (AvgIpc) is 3.21. The minimum atomic E-state index is -0.397. The molecule has 1 aromatic heterocycles. The second kappa shape index (κ2) is 8.94. The summed E-state index contributed by atoms with van der Waals surface area (Å²) in [5, 5.41) is 1.13. The molecular formula is C25H29N3O3. The maximum Gasteiger partial charge on any atom is 0.248 e. The number of nitrogens with two attached hydrogens (primary N) is 1. The lowest BCUT2D eigenvalue weighted by molar-refractivity contribution is 0.0996. The summed E-state index contributed by atoms with van der Waals surface area (Å²) in [6, 6.07) is 13.8. The normalized spacial score (nSPS) is 15.3. The Labute approximate surface area is 182 Å². The molecule has 6 nitrogen and oxygen atoms in total. The van der Waals surface area contributed by atoms with Gasteiger partial charge in [-0.3, -0.25) is 9.59 Å². The van der Waals surface area contributed by atoms with Gasteiger partial charge < -0.3 is 19.9 Å². The summed E-state index contributed by atoms with van der Waals surface area (Å²) in [5.41, 5.74) is 8.82. The van der Waals surface area contributed by atoms with Crippen molar-refractivity contribution in [2.24, 2.45) is 5.73 Å². The first kappa shape index (κ1) is 21.1. The summed E-state index contributed by atoms with van der Waals surface area (Å²) in [5.74, 6) is 0.458. The van der Waals surface area contributed by atoms with Crippen molar-refractivity contribution in [3.8, 4) is 5.75 Å². The van der Waals surface area contributed by atoms with Crippen molar-refractivity contribution >= 4 is 22.6 Å². The Morgan fingerprint density at radius 3 is 2.58 bits per heavy atom. The number of methoxy groups -OCH3 is 1. The molecule has 2 N–H and O–H groups in total. The zero-order valence-electron chi connectivity index (χ0n) is 18.1. The predicted molar refractivity (Wildman–Crippen MR) is 122 cm³/mol. The van der Waals surface area contributed by atoms with Crippen LogP contribution in [-0.2, 0) is 6.42 Å². The van der Waals surface area contributed by atoms with E-state index in [0.717, 1.165) is 66.7 Å². The molecule has 31 heavy (non-hydrogen) atoms. The number of Topliss-reactive ketones (excluding diaryl/α,β-unsaturated/α-hetero) is 1. The highest BCUT2D eigenvalue weighted by atomic mass is 16.5. The molecule has 1 aliphatic rings. The number of ketones is 1. The van der Waals surface area contributed by atoms with Crippen LogP contribution in [0.4, 0.5) is 0 Å². The third-order valence-electron chi connectivity index (χ3n) is 6.37. The fourth-order valence-electron chi connectivity index (χ4n) is 4.66. The van der Waals surface area contributed by atoms with E-state index in [4.69, 9.17) is 10.5 Å². The number of likely N-dealkylation sites (tertiary alicyclic amines) is 1. The highest BCUT2D eigenvalue weighted by Gasteiger charge is 2.22. The minimum absolute atomic E-state index is 0.0717. The van der Waals surface area contributed by atoms with Crippen LogP contribution in [-0.4, -0.2) is 47.9 Å². The maximum absolute atomic E-state index is 12.0. The van der Waals surface area contributed by atoms with E-state index in [2.05, 4.69) is 21.7 Å². The van der Waals surface area contributed by atoms with Gasteiger partial charge in [0.2, 0.25) is 5.91 Å². The van der Waals surface area contributed by atoms with Gasteiger partial charge in [0.05, 0.1) is 7.11 Å². The van der Waals surface area contributed by atoms with Crippen molar-refractivity contribution in [3.05, 3.63) is 65.4 Å². The van der Waals surface area contributed by atoms with Gasteiger partial charge in [-0.25, -0.2) is 0 Å². The van der Waals surface area contributed by atoms with E-state index in [-0.39, 0.29) is 5.78 Å². The number of nitrogens with zero attached hydrogens (tertiary/aromatic N) is 2. The molecule has 1 aliphatic heterocycles. The standard InChI is InChI=1S/C25H29N3O3/c1-17(29)21-4-3-5-24(31-2)22(21)11-14-27-12-9-20(10-13-27)28-15-8-18-6-7-19(25(26)30)16-23(18)28/h3-8,15-16,20H,9-14H2,1-2H3,(H2,26,30). The quantitative estimate of drug-likeness (QED) is 0.591. The van der Waals surface area contributed by atoms with Crippen LogP contribution in [0.5, 0.6) is 5.75 Å². The Morgan fingerprint density at radius 2 is 1.90 bits per heavy atom. The average molecular weight is 420 g/mol. The van der Waals surface area contributed by atoms with Gasteiger partial charge in [0.15, 0.2) is 5.78 Å². The molecular weight excluding hydrogens is 390 g/mol. The lowest BCUT2D eigenvalue weighted by Crippen LogP contribution is -2.36. The van der Waals surface area contributed by atoms with Crippen LogP contribution < -0.4 is 10.5 Å². The summed E-state index contributed by atoms with van der Waals surface area (Å²) >= 11 is 0. The van der Waals surface area contributed by atoms with Gasteiger partial charge in [-0.15, -0.1) is 0 Å². The largest absolute Gasteiger partial charge is 0.496 e. The van der Waals surface area contributed by atoms with Crippen molar-refractivity contribution in [1.82, 2.24) is 9.47 Å². The molecule has 1 saturated heterocycles. The van der Waals surface area contributed by atoms with Crippen LogP contribution >= 0.6 is 0 Å². The van der Waals surface area contributed by atoms with Crippen LogP contribution in [0, 0.1) is 0 Å². The minimum Gasteiger partial charge on any atom is -0.496 e. The molecule has 4 rings (SSSR count). The molecule has 3 aromatic rings. The van der Waals surface area contributed by atoms with Crippen LogP contribution in [0.2, 0.25) is 0 Å². The fraction of sp³-hybridized carbons (Fsp3) is 0.360. The molecule has 0 atom stereocenters. The number of benzene rings is 2. The Bertz CT molecular complexity index is 1110. The number of hydrogen-bond acceptors (Lipinski definition) is 4. The number of aromatic nitrogens is 1. The van der Waals surface area contributed by atoms with E-state index < -0.39 is 5.91 Å². The lowest BCUT2D eigenvalue weighted by Gasteiger charge is -2.33. The lowest BCUT2D eigenvalue weighted by atomic mass is 9.99. The SMILES string of the molecule is COc1cccc(C(C)=O)c1CCN1CCC(n2ccc3ccc(C(N)=O)cc32)CC1.